The van der Waals surface area contributed by atoms with E-state index in [0.29, 0.717) is 16.6 Å². The molecule has 20 heavy (non-hydrogen) atoms. The normalized spacial score (nSPS) is 12.2. The van der Waals surface area contributed by atoms with Crippen molar-refractivity contribution in [3.8, 4) is 0 Å². The first-order valence-electron chi connectivity index (χ1n) is 6.64. The van der Waals surface area contributed by atoms with Gasteiger partial charge in [-0.25, -0.2) is 0 Å². The summed E-state index contributed by atoms with van der Waals surface area (Å²) in [6.07, 6.45) is 0. The second-order valence-electron chi connectivity index (χ2n) is 4.55. The number of para-hydroxylation sites is 1. The van der Waals surface area contributed by atoms with Crippen LogP contribution in [-0.4, -0.2) is 13.1 Å². The Morgan fingerprint density at radius 2 is 1.75 bits per heavy atom. The van der Waals surface area contributed by atoms with E-state index >= 15 is 0 Å². The third kappa shape index (κ3) is 3.26. The number of nitrogens with two attached hydrogens (primary N) is 1. The van der Waals surface area contributed by atoms with E-state index in [2.05, 4.69) is 24.0 Å². The molecule has 2 aromatic carbocycles. The summed E-state index contributed by atoms with van der Waals surface area (Å²) in [4.78, 5) is 2.26. The monoisotopic (exact) mass is 308 g/mol. The van der Waals surface area contributed by atoms with Crippen molar-refractivity contribution >= 4 is 28.9 Å². The fraction of sp³-hybridized carbons (Fsp3) is 0.250. The molecule has 0 amide bonds. The van der Waals surface area contributed by atoms with Crippen LogP contribution in [0.25, 0.3) is 0 Å². The Bertz CT molecular complexity index is 558. The summed E-state index contributed by atoms with van der Waals surface area (Å²) in [6, 6.07) is 16.0. The van der Waals surface area contributed by atoms with E-state index in [1.54, 1.807) is 0 Å². The molecule has 0 fully saturated rings. The van der Waals surface area contributed by atoms with Gasteiger partial charge in [-0.1, -0.05) is 47.5 Å². The van der Waals surface area contributed by atoms with Crippen LogP contribution in [0, 0.1) is 0 Å². The Morgan fingerprint density at radius 1 is 1.05 bits per heavy atom. The first-order chi connectivity index (χ1) is 9.67. The Labute approximate surface area is 130 Å². The topological polar surface area (TPSA) is 29.3 Å². The standard InChI is InChI=1S/C16H18Cl2N2/c1-2-20(13-6-4-3-5-7-13)16(11-19)12-8-9-14(17)15(18)10-12/h3-10,16H,2,11,19H2,1H3. The molecule has 0 aliphatic rings. The molecule has 0 bridgehead atoms. The highest BCUT2D eigenvalue weighted by Gasteiger charge is 2.18. The maximum absolute atomic E-state index is 6.12. The van der Waals surface area contributed by atoms with Crippen molar-refractivity contribution in [2.45, 2.75) is 13.0 Å². The average Bonchev–Trinajstić information content (AvgIpc) is 2.48. The Morgan fingerprint density at radius 3 is 2.30 bits per heavy atom. The van der Waals surface area contributed by atoms with Gasteiger partial charge in [0.25, 0.3) is 0 Å². The van der Waals surface area contributed by atoms with Crippen molar-refractivity contribution in [2.75, 3.05) is 18.0 Å². The van der Waals surface area contributed by atoms with Crippen molar-refractivity contribution in [1.82, 2.24) is 0 Å². The summed E-state index contributed by atoms with van der Waals surface area (Å²) in [5.74, 6) is 0. The van der Waals surface area contributed by atoms with Crippen LogP contribution in [0.1, 0.15) is 18.5 Å². The lowest BCUT2D eigenvalue weighted by atomic mass is 10.0. The summed E-state index contributed by atoms with van der Waals surface area (Å²) in [5, 5.41) is 1.13. The largest absolute Gasteiger partial charge is 0.363 e. The minimum atomic E-state index is 0.0807. The van der Waals surface area contributed by atoms with Crippen molar-refractivity contribution in [3.63, 3.8) is 0 Å². The molecule has 0 aromatic heterocycles. The van der Waals surface area contributed by atoms with E-state index < -0.39 is 0 Å². The molecule has 1 atom stereocenters. The van der Waals surface area contributed by atoms with E-state index in [0.717, 1.165) is 17.8 Å². The van der Waals surface area contributed by atoms with E-state index in [1.807, 2.05) is 36.4 Å². The van der Waals surface area contributed by atoms with Crippen LogP contribution in [-0.2, 0) is 0 Å². The smallest absolute Gasteiger partial charge is 0.0665 e. The van der Waals surface area contributed by atoms with Gasteiger partial charge in [-0.3, -0.25) is 0 Å². The van der Waals surface area contributed by atoms with Crippen LogP contribution in [0.3, 0.4) is 0 Å². The third-order valence-corrected chi connectivity index (χ3v) is 4.10. The number of nitrogens with zero attached hydrogens (tertiary/aromatic N) is 1. The minimum Gasteiger partial charge on any atom is -0.363 e. The second-order valence-corrected chi connectivity index (χ2v) is 5.36. The lowest BCUT2D eigenvalue weighted by molar-refractivity contribution is 0.643. The molecule has 2 N–H and O–H groups in total. The average molecular weight is 309 g/mol. The summed E-state index contributed by atoms with van der Waals surface area (Å²) in [5.41, 5.74) is 8.22. The quantitative estimate of drug-likeness (QED) is 0.880. The van der Waals surface area contributed by atoms with Gasteiger partial charge in [0.15, 0.2) is 0 Å². The predicted molar refractivity (Wildman–Crippen MR) is 87.7 cm³/mol. The molecule has 0 radical (unpaired) electrons. The van der Waals surface area contributed by atoms with Crippen LogP contribution in [0.5, 0.6) is 0 Å². The lowest BCUT2D eigenvalue weighted by Gasteiger charge is -2.32. The van der Waals surface area contributed by atoms with Gasteiger partial charge in [-0.05, 0) is 36.8 Å². The number of likely N-dealkylation sites (N-methyl/N-ethyl adjacent to an activating group) is 1. The summed E-state index contributed by atoms with van der Waals surface area (Å²) in [7, 11) is 0. The van der Waals surface area contributed by atoms with Crippen LogP contribution in [0.4, 0.5) is 5.69 Å². The van der Waals surface area contributed by atoms with Gasteiger partial charge < -0.3 is 10.6 Å². The maximum atomic E-state index is 6.12. The minimum absolute atomic E-state index is 0.0807. The number of rotatable bonds is 5. The Balaban J connectivity index is 2.36. The van der Waals surface area contributed by atoms with Gasteiger partial charge in [0, 0.05) is 18.8 Å². The molecule has 2 rings (SSSR count). The third-order valence-electron chi connectivity index (χ3n) is 3.36. The fourth-order valence-corrected chi connectivity index (χ4v) is 2.67. The summed E-state index contributed by atoms with van der Waals surface area (Å²) in [6.45, 7) is 3.50. The highest BCUT2D eigenvalue weighted by atomic mass is 35.5. The highest BCUT2D eigenvalue weighted by molar-refractivity contribution is 6.42. The first kappa shape index (κ1) is 15.2. The molecule has 0 aliphatic heterocycles. The van der Waals surface area contributed by atoms with Gasteiger partial charge in [-0.2, -0.15) is 0 Å². The number of benzene rings is 2. The van der Waals surface area contributed by atoms with Crippen molar-refractivity contribution < 1.29 is 0 Å². The molecule has 0 aliphatic carbocycles. The molecule has 2 aromatic rings. The van der Waals surface area contributed by atoms with Gasteiger partial charge in [-0.15, -0.1) is 0 Å². The second kappa shape index (κ2) is 6.98. The molecule has 0 saturated carbocycles. The van der Waals surface area contributed by atoms with Crippen LogP contribution < -0.4 is 10.6 Å². The van der Waals surface area contributed by atoms with E-state index in [-0.39, 0.29) is 6.04 Å². The predicted octanol–water partition coefficient (Wildman–Crippen LogP) is 4.52. The molecule has 4 heteroatoms. The highest BCUT2D eigenvalue weighted by Crippen LogP contribution is 2.30. The van der Waals surface area contributed by atoms with Crippen LogP contribution in [0.15, 0.2) is 48.5 Å². The fourth-order valence-electron chi connectivity index (χ4n) is 2.37. The molecular formula is C16H18Cl2N2. The molecule has 1 unspecified atom stereocenters. The Kier molecular flexibility index (Phi) is 5.30. The van der Waals surface area contributed by atoms with Gasteiger partial charge in [0.1, 0.15) is 0 Å². The van der Waals surface area contributed by atoms with E-state index in [1.165, 1.54) is 0 Å². The summed E-state index contributed by atoms with van der Waals surface area (Å²) < 4.78 is 0. The number of hydrogen-bond donors (Lipinski definition) is 1. The first-order valence-corrected chi connectivity index (χ1v) is 7.39. The zero-order valence-electron chi connectivity index (χ0n) is 11.4. The number of hydrogen-bond acceptors (Lipinski definition) is 2. The molecule has 0 spiro atoms. The lowest BCUT2D eigenvalue weighted by Crippen LogP contribution is -2.33. The van der Waals surface area contributed by atoms with Gasteiger partial charge in [0.05, 0.1) is 16.1 Å². The molecule has 106 valence electrons. The van der Waals surface area contributed by atoms with E-state index in [9.17, 15) is 0 Å². The SMILES string of the molecule is CCN(c1ccccc1)C(CN)c1ccc(Cl)c(Cl)c1. The molecule has 2 nitrogen and oxygen atoms in total. The van der Waals surface area contributed by atoms with Crippen molar-refractivity contribution in [3.05, 3.63) is 64.1 Å². The zero-order valence-corrected chi connectivity index (χ0v) is 12.9. The van der Waals surface area contributed by atoms with Gasteiger partial charge in [0.2, 0.25) is 0 Å². The maximum Gasteiger partial charge on any atom is 0.0665 e. The Hall–Kier alpha value is -1.22. The van der Waals surface area contributed by atoms with E-state index in [4.69, 9.17) is 28.9 Å². The summed E-state index contributed by atoms with van der Waals surface area (Å²) >= 11 is 12.1. The zero-order chi connectivity index (χ0) is 14.5. The van der Waals surface area contributed by atoms with Crippen molar-refractivity contribution in [2.24, 2.45) is 5.73 Å². The van der Waals surface area contributed by atoms with Crippen LogP contribution >= 0.6 is 23.2 Å². The number of halogens is 2. The van der Waals surface area contributed by atoms with Crippen LogP contribution in [0.2, 0.25) is 10.0 Å². The molecule has 0 heterocycles. The van der Waals surface area contributed by atoms with Crippen molar-refractivity contribution in [1.29, 1.82) is 0 Å². The molecular weight excluding hydrogens is 291 g/mol. The number of anilines is 1. The molecule has 0 saturated heterocycles. The van der Waals surface area contributed by atoms with Gasteiger partial charge >= 0.3 is 0 Å².